The lowest BCUT2D eigenvalue weighted by molar-refractivity contribution is 0.305. The molecule has 0 atom stereocenters. The molecule has 2 rings (SSSR count). The van der Waals surface area contributed by atoms with Gasteiger partial charge in [0.2, 0.25) is 0 Å². The van der Waals surface area contributed by atoms with Crippen LogP contribution in [0.3, 0.4) is 0 Å². The first kappa shape index (κ1) is 16.0. The highest BCUT2D eigenvalue weighted by atomic mass is 35.5. The predicted octanol–water partition coefficient (Wildman–Crippen LogP) is 5.30. The Kier molecular flexibility index (Phi) is 5.76. The highest BCUT2D eigenvalue weighted by Gasteiger charge is 2.05. The standard InChI is InChI=1S/C16H10Cl3FO/c17-7-1-2-12-9-13(20)4-6-16(12)21-10-11-3-5-14(18)15(19)8-11/h3-6,8-9H,7,10H2. The summed E-state index contributed by atoms with van der Waals surface area (Å²) >= 11 is 17.3. The number of alkyl halides is 1. The van der Waals surface area contributed by atoms with Gasteiger partial charge in [0.05, 0.1) is 21.5 Å². The Balaban J connectivity index is 2.17. The van der Waals surface area contributed by atoms with Crippen LogP contribution in [0.2, 0.25) is 10.0 Å². The van der Waals surface area contributed by atoms with Crippen LogP contribution >= 0.6 is 34.8 Å². The molecule has 0 aliphatic heterocycles. The van der Waals surface area contributed by atoms with Crippen LogP contribution in [0.25, 0.3) is 0 Å². The van der Waals surface area contributed by atoms with Gasteiger partial charge in [-0.2, -0.15) is 0 Å². The van der Waals surface area contributed by atoms with Gasteiger partial charge >= 0.3 is 0 Å². The summed E-state index contributed by atoms with van der Waals surface area (Å²) in [5, 5.41) is 0.940. The molecule has 0 unspecified atom stereocenters. The second-order valence-corrected chi connectivity index (χ2v) is 5.19. The molecule has 0 N–H and O–H groups in total. The lowest BCUT2D eigenvalue weighted by atomic mass is 10.2. The minimum absolute atomic E-state index is 0.169. The van der Waals surface area contributed by atoms with Crippen molar-refractivity contribution in [1.82, 2.24) is 0 Å². The van der Waals surface area contributed by atoms with E-state index in [1.54, 1.807) is 12.1 Å². The van der Waals surface area contributed by atoms with Gasteiger partial charge in [-0.05, 0) is 35.9 Å². The molecule has 1 nitrogen and oxygen atoms in total. The number of benzene rings is 2. The lowest BCUT2D eigenvalue weighted by Gasteiger charge is -2.09. The van der Waals surface area contributed by atoms with E-state index in [0.29, 0.717) is 21.4 Å². The number of ether oxygens (including phenoxy) is 1. The van der Waals surface area contributed by atoms with Crippen molar-refractivity contribution in [2.45, 2.75) is 6.61 Å². The average Bonchev–Trinajstić information content (AvgIpc) is 2.47. The third kappa shape index (κ3) is 4.54. The van der Waals surface area contributed by atoms with E-state index in [2.05, 4.69) is 11.8 Å². The van der Waals surface area contributed by atoms with Crippen LogP contribution in [-0.4, -0.2) is 5.88 Å². The van der Waals surface area contributed by atoms with Crippen LogP contribution in [0.1, 0.15) is 11.1 Å². The maximum absolute atomic E-state index is 13.2. The Morgan fingerprint density at radius 3 is 2.57 bits per heavy atom. The monoisotopic (exact) mass is 342 g/mol. The molecule has 108 valence electrons. The van der Waals surface area contributed by atoms with Crippen LogP contribution in [-0.2, 0) is 6.61 Å². The van der Waals surface area contributed by atoms with Crippen molar-refractivity contribution < 1.29 is 9.13 Å². The Bertz CT molecular complexity index is 704. The normalized spacial score (nSPS) is 9.90. The maximum atomic E-state index is 13.2. The van der Waals surface area contributed by atoms with E-state index in [-0.39, 0.29) is 18.3 Å². The topological polar surface area (TPSA) is 9.23 Å². The van der Waals surface area contributed by atoms with Gasteiger partial charge in [-0.3, -0.25) is 0 Å². The third-order valence-electron chi connectivity index (χ3n) is 2.61. The van der Waals surface area contributed by atoms with Crippen molar-refractivity contribution >= 4 is 34.8 Å². The minimum Gasteiger partial charge on any atom is -0.488 e. The number of rotatable bonds is 3. The fourth-order valence-corrected chi connectivity index (χ4v) is 2.03. The molecule has 0 radical (unpaired) electrons. The Morgan fingerprint density at radius 1 is 1.05 bits per heavy atom. The van der Waals surface area contributed by atoms with Crippen molar-refractivity contribution in [2.24, 2.45) is 0 Å². The van der Waals surface area contributed by atoms with Crippen LogP contribution in [0.4, 0.5) is 4.39 Å². The average molecular weight is 344 g/mol. The zero-order valence-corrected chi connectivity index (χ0v) is 13.1. The van der Waals surface area contributed by atoms with Gasteiger partial charge in [-0.15, -0.1) is 11.6 Å². The zero-order chi connectivity index (χ0) is 15.2. The molecule has 0 bridgehead atoms. The summed E-state index contributed by atoms with van der Waals surface area (Å²) in [6.45, 7) is 0.276. The molecular weight excluding hydrogens is 334 g/mol. The van der Waals surface area contributed by atoms with Crippen molar-refractivity contribution in [1.29, 1.82) is 0 Å². The fraction of sp³-hybridized carbons (Fsp3) is 0.125. The highest BCUT2D eigenvalue weighted by Crippen LogP contribution is 2.24. The predicted molar refractivity (Wildman–Crippen MR) is 84.8 cm³/mol. The van der Waals surface area contributed by atoms with E-state index in [1.165, 1.54) is 18.2 Å². The smallest absolute Gasteiger partial charge is 0.135 e. The number of halogens is 4. The first-order valence-corrected chi connectivity index (χ1v) is 7.30. The summed E-state index contributed by atoms with van der Waals surface area (Å²) in [7, 11) is 0. The molecule has 0 spiro atoms. The molecule has 0 saturated carbocycles. The van der Waals surface area contributed by atoms with Gasteiger partial charge in [-0.25, -0.2) is 4.39 Å². The quantitative estimate of drug-likeness (QED) is 0.542. The molecule has 0 heterocycles. The Hall–Kier alpha value is -1.40. The molecule has 0 amide bonds. The summed E-state index contributed by atoms with van der Waals surface area (Å²) in [6.07, 6.45) is 0. The molecule has 21 heavy (non-hydrogen) atoms. The third-order valence-corrected chi connectivity index (χ3v) is 3.48. The van der Waals surface area contributed by atoms with E-state index in [0.717, 1.165) is 5.56 Å². The number of hydrogen-bond acceptors (Lipinski definition) is 1. The SMILES string of the molecule is Fc1ccc(OCc2ccc(Cl)c(Cl)c2)c(C#CCCl)c1. The summed E-state index contributed by atoms with van der Waals surface area (Å²) in [6, 6.07) is 9.38. The molecule has 0 aromatic heterocycles. The summed E-state index contributed by atoms with van der Waals surface area (Å²) < 4.78 is 18.9. The summed E-state index contributed by atoms with van der Waals surface area (Å²) in [5.74, 6) is 5.72. The van der Waals surface area contributed by atoms with Gasteiger partial charge in [0.15, 0.2) is 0 Å². The van der Waals surface area contributed by atoms with Gasteiger partial charge in [0.25, 0.3) is 0 Å². The Morgan fingerprint density at radius 2 is 1.86 bits per heavy atom. The van der Waals surface area contributed by atoms with E-state index in [9.17, 15) is 4.39 Å². The maximum Gasteiger partial charge on any atom is 0.135 e. The largest absolute Gasteiger partial charge is 0.488 e. The van der Waals surface area contributed by atoms with Gasteiger partial charge in [-0.1, -0.05) is 41.1 Å². The van der Waals surface area contributed by atoms with Gasteiger partial charge < -0.3 is 4.74 Å². The van der Waals surface area contributed by atoms with Crippen LogP contribution < -0.4 is 4.74 Å². The van der Waals surface area contributed by atoms with Crippen molar-refractivity contribution in [3.63, 3.8) is 0 Å². The van der Waals surface area contributed by atoms with E-state index >= 15 is 0 Å². The molecule has 2 aromatic rings. The second kappa shape index (κ2) is 7.56. The highest BCUT2D eigenvalue weighted by molar-refractivity contribution is 6.42. The molecule has 0 fully saturated rings. The molecule has 0 aliphatic rings. The molecular formula is C16H10Cl3FO. The number of hydrogen-bond donors (Lipinski definition) is 0. The molecule has 2 aromatic carbocycles. The van der Waals surface area contributed by atoms with Gasteiger partial charge in [0.1, 0.15) is 18.2 Å². The van der Waals surface area contributed by atoms with Crippen LogP contribution in [0.5, 0.6) is 5.75 Å². The van der Waals surface area contributed by atoms with Crippen molar-refractivity contribution in [3.8, 4) is 17.6 Å². The van der Waals surface area contributed by atoms with E-state index in [1.807, 2.05) is 6.07 Å². The first-order valence-electron chi connectivity index (χ1n) is 6.01. The summed E-state index contributed by atoms with van der Waals surface area (Å²) in [4.78, 5) is 0. The van der Waals surface area contributed by atoms with Gasteiger partial charge in [0, 0.05) is 0 Å². The minimum atomic E-state index is -0.379. The second-order valence-electron chi connectivity index (χ2n) is 4.11. The Labute approximate surface area is 137 Å². The first-order chi connectivity index (χ1) is 10.1. The van der Waals surface area contributed by atoms with Crippen LogP contribution in [0, 0.1) is 17.7 Å². The molecule has 0 aliphatic carbocycles. The van der Waals surface area contributed by atoms with Crippen LogP contribution in [0.15, 0.2) is 36.4 Å². The fourth-order valence-electron chi connectivity index (χ4n) is 1.64. The van der Waals surface area contributed by atoms with Crippen molar-refractivity contribution in [2.75, 3.05) is 5.88 Å². The molecule has 0 saturated heterocycles. The summed E-state index contributed by atoms with van der Waals surface area (Å²) in [5.41, 5.74) is 1.31. The zero-order valence-electron chi connectivity index (χ0n) is 10.8. The van der Waals surface area contributed by atoms with E-state index < -0.39 is 0 Å². The lowest BCUT2D eigenvalue weighted by Crippen LogP contribution is -1.98. The molecule has 5 heteroatoms. The van der Waals surface area contributed by atoms with Crippen molar-refractivity contribution in [3.05, 3.63) is 63.4 Å². The van der Waals surface area contributed by atoms with E-state index in [4.69, 9.17) is 39.5 Å².